The van der Waals surface area contributed by atoms with Gasteiger partial charge >= 0.3 is 390 Å². The van der Waals surface area contributed by atoms with Gasteiger partial charge < -0.3 is 9.05 Å². The van der Waals surface area contributed by atoms with Crippen LogP contribution in [0.1, 0.15) is 158 Å². The Balaban J connectivity index is 1.28. The normalized spacial score (nSPS) is 25.2. The summed E-state index contributed by atoms with van der Waals surface area (Å²) < 4.78 is 72.6. The maximum atomic E-state index is 12.5. The molecule has 0 N–H and O–H groups in total. The molecule has 3 aromatic rings. The molecule has 23 heteroatoms. The molecule has 3 aromatic carbocycles. The third-order valence-electron chi connectivity index (χ3n) is 16.4. The van der Waals surface area contributed by atoms with Crippen LogP contribution < -0.4 is 13.6 Å². The van der Waals surface area contributed by atoms with E-state index in [0.29, 0.717) is 41.0 Å². The first kappa shape index (κ1) is 63.2. The van der Waals surface area contributed by atoms with Crippen molar-refractivity contribution in [3.63, 3.8) is 0 Å². The Labute approximate surface area is 473 Å². The van der Waals surface area contributed by atoms with Gasteiger partial charge in [-0.2, -0.15) is 5.26 Å². The number of non-ortho nitro benzene ring substituents is 1. The fourth-order valence-electron chi connectivity index (χ4n) is 9.73. The van der Waals surface area contributed by atoms with Gasteiger partial charge in [0, 0.05) is 12.1 Å². The summed E-state index contributed by atoms with van der Waals surface area (Å²) in [6, 6.07) is 20.0. The van der Waals surface area contributed by atoms with E-state index < -0.39 is 85.9 Å². The van der Waals surface area contributed by atoms with Gasteiger partial charge in [0.2, 0.25) is 0 Å². The molecule has 0 bridgehead atoms. The van der Waals surface area contributed by atoms with Gasteiger partial charge in [-0.05, 0) is 27.7 Å². The van der Waals surface area contributed by atoms with E-state index in [1.807, 2.05) is 135 Å². The van der Waals surface area contributed by atoms with Crippen molar-refractivity contribution in [2.24, 2.45) is 20.5 Å². The Morgan fingerprint density at radius 1 is 0.582 bits per heavy atom. The van der Waals surface area contributed by atoms with Crippen LogP contribution in [0.15, 0.2) is 81.1 Å². The third-order valence-corrected chi connectivity index (χ3v) is 36.2. The predicted octanol–water partition coefficient (Wildman–Crippen LogP) is 13.5. The topological polar surface area (TPSA) is 215 Å². The fourth-order valence-corrected chi connectivity index (χ4v) is 34.4. The minimum absolute atomic E-state index is 0.175. The number of nitro benzene ring substituents is 1. The van der Waals surface area contributed by atoms with Crippen LogP contribution in [0.2, 0.25) is 0 Å². The zero-order valence-corrected chi connectivity index (χ0v) is 55.1. The molecule has 0 amide bonds. The molecule has 2 spiro atoms. The molecule has 20 nitrogen and oxygen atoms in total. The predicted molar refractivity (Wildman–Crippen MR) is 310 cm³/mol. The maximum absolute atomic E-state index is 12.5. The van der Waals surface area contributed by atoms with Gasteiger partial charge in [-0.3, -0.25) is 0 Å². The third kappa shape index (κ3) is 11.6. The molecule has 4 fully saturated rings. The van der Waals surface area contributed by atoms with Gasteiger partial charge in [0.25, 0.3) is 8.53 Å². The quantitative estimate of drug-likeness (QED) is 0.0257. The van der Waals surface area contributed by atoms with Crippen LogP contribution in [0.4, 0.5) is 34.1 Å². The second kappa shape index (κ2) is 21.4. The average Bonchev–Trinajstić information content (AvgIpc) is 2.47. The van der Waals surface area contributed by atoms with E-state index in [2.05, 4.69) is 50.3 Å². The zero-order chi connectivity index (χ0) is 58.9. The first-order valence-corrected chi connectivity index (χ1v) is 36.5. The van der Waals surface area contributed by atoms with Crippen LogP contribution in [0.5, 0.6) is 0 Å². The summed E-state index contributed by atoms with van der Waals surface area (Å²) >= 11 is -11.6. The molecule has 7 rings (SSSR count). The van der Waals surface area contributed by atoms with Crippen molar-refractivity contribution < 1.29 is 43.8 Å². The number of nitriles is 1. The van der Waals surface area contributed by atoms with Gasteiger partial charge in [-0.25, -0.2) is 4.67 Å². The van der Waals surface area contributed by atoms with Crippen molar-refractivity contribution >= 4 is 79.0 Å². The first-order chi connectivity index (χ1) is 36.3. The molecule has 4 saturated heterocycles. The summed E-state index contributed by atoms with van der Waals surface area (Å²) in [6.45, 7) is 43.7. The molecule has 0 radical (unpaired) electrons. The SMILES string of the molecule is CCN(CCCOP(OCCC#N)N(C(C)C)C(C)C)c1ccc(N=Nc2ccc(N=Nc3ccc([N+](=O)[O-])cc3[As]34(OC(C)(C)C(C)(C)O3)OC(C)(C)C(C)(C)O4)cc2[As]23(OC(C)(C)C(C)(C)O2)OC(C)(C)C(C)(C)O3)cc1. The molecular weight excluding hydrogens is 1160 g/mol. The van der Waals surface area contributed by atoms with Crippen molar-refractivity contribution in [1.82, 2.24) is 4.67 Å². The van der Waals surface area contributed by atoms with E-state index in [1.165, 1.54) is 18.2 Å². The summed E-state index contributed by atoms with van der Waals surface area (Å²) in [5, 5.41) is 41.0. The molecule has 1 unspecified atom stereocenters. The van der Waals surface area contributed by atoms with E-state index in [-0.39, 0.29) is 27.8 Å². The van der Waals surface area contributed by atoms with Crippen LogP contribution in [0.25, 0.3) is 0 Å². The Hall–Kier alpha value is -3.34. The van der Waals surface area contributed by atoms with E-state index in [9.17, 15) is 10.1 Å². The number of azo groups is 2. The summed E-state index contributed by atoms with van der Waals surface area (Å²) in [5.41, 5.74) is -5.34. The zero-order valence-electron chi connectivity index (χ0n) is 50.5. The van der Waals surface area contributed by atoms with Crippen LogP contribution in [0.3, 0.4) is 0 Å². The molecule has 0 aromatic heterocycles. The van der Waals surface area contributed by atoms with Crippen LogP contribution in [-0.4, -0.2) is 120 Å². The Morgan fingerprint density at radius 2 is 0.962 bits per heavy atom. The van der Waals surface area contributed by atoms with E-state index in [1.54, 1.807) is 18.2 Å². The Morgan fingerprint density at radius 3 is 1.35 bits per heavy atom. The number of nitrogens with zero attached hydrogens (tertiary/aromatic N) is 8. The number of benzene rings is 3. The number of rotatable bonds is 20. The summed E-state index contributed by atoms with van der Waals surface area (Å²) in [7, 11) is -1.33. The summed E-state index contributed by atoms with van der Waals surface area (Å²) in [4.78, 5) is 14.3. The molecule has 79 heavy (non-hydrogen) atoms. The van der Waals surface area contributed by atoms with Gasteiger partial charge in [0.15, 0.2) is 0 Å². The molecule has 0 aliphatic carbocycles. The summed E-state index contributed by atoms with van der Waals surface area (Å²) in [6.07, 6.45) is 1.07. The standard InChI is InChI=1S/C56H87As2N8O12P/c1-22-64(34-24-36-70-79(69-35-23-33-59)65(39(2)3)40(4)5)43-28-25-41(26-29-43)60-62-47-31-27-42(37-45(47)57(71-49(6,7)50(8,9)72-57)73-51(10,11)52(12,13)74-57)61-63-48-32-30-44(66(67)68)38-46(48)58(75-53(14,15)54(16,17)76-58)77-55(18,19)56(20,21)78-58/h25-32,37-40H,22-24,34-36H2,1-21H3. The van der Waals surface area contributed by atoms with Crippen molar-refractivity contribution in [3.8, 4) is 6.07 Å². The van der Waals surface area contributed by atoms with Crippen molar-refractivity contribution in [1.29, 1.82) is 5.26 Å². The molecule has 1 atom stereocenters. The van der Waals surface area contributed by atoms with Crippen LogP contribution in [-0.2, 0) is 38.9 Å². The molecule has 438 valence electrons. The monoisotopic (exact) mass is 1240 g/mol. The van der Waals surface area contributed by atoms with Crippen molar-refractivity contribution in [3.05, 3.63) is 70.8 Å². The molecule has 4 heterocycles. The van der Waals surface area contributed by atoms with E-state index in [0.717, 1.165) is 25.2 Å². The Bertz CT molecular complexity index is 2730. The van der Waals surface area contributed by atoms with Gasteiger partial charge in [0.05, 0.1) is 19.1 Å². The molecule has 4 aliphatic rings. The second-order valence-corrected chi connectivity index (χ2v) is 38.6. The second-order valence-electron chi connectivity index (χ2n) is 25.3. The number of hydrogen-bond donors (Lipinski definition) is 0. The summed E-state index contributed by atoms with van der Waals surface area (Å²) in [5.74, 6) is 0. The number of hydrogen-bond acceptors (Lipinski definition) is 19. The average molecular weight is 1250 g/mol. The number of nitro groups is 1. The van der Waals surface area contributed by atoms with Gasteiger partial charge in [-0.15, -0.1) is 0 Å². The fraction of sp³-hybridized carbons (Fsp3) is 0.661. The molecule has 0 saturated carbocycles. The first-order valence-electron chi connectivity index (χ1n) is 27.3. The van der Waals surface area contributed by atoms with Gasteiger partial charge in [-0.1, -0.05) is 0 Å². The van der Waals surface area contributed by atoms with Crippen LogP contribution in [0, 0.1) is 21.4 Å². The van der Waals surface area contributed by atoms with Gasteiger partial charge in [0.1, 0.15) is 0 Å². The Kier molecular flexibility index (Phi) is 17.1. The van der Waals surface area contributed by atoms with Crippen molar-refractivity contribution in [2.45, 2.75) is 215 Å². The van der Waals surface area contributed by atoms with E-state index in [4.69, 9.17) is 64.6 Å². The number of anilines is 1. The van der Waals surface area contributed by atoms with E-state index >= 15 is 0 Å². The minimum atomic E-state index is -5.82. The molecular formula is C56H87As2N8O12P. The van der Waals surface area contributed by atoms with Crippen molar-refractivity contribution in [2.75, 3.05) is 31.2 Å². The molecule has 4 aliphatic heterocycles. The van der Waals surface area contributed by atoms with Crippen LogP contribution >= 0.6 is 8.53 Å².